The number of nitrogens with zero attached hydrogens (tertiary/aromatic N) is 2. The zero-order chi connectivity index (χ0) is 14.5. The number of β-amino-alcohol motifs (C(OH)–C–C–N with tert-alkyl or cyclic N) is 1. The molecule has 0 bridgehead atoms. The summed E-state index contributed by atoms with van der Waals surface area (Å²) in [5.74, 6) is -0.560. The van der Waals surface area contributed by atoms with Crippen molar-refractivity contribution in [2.45, 2.75) is 6.42 Å². The first-order valence-electron chi connectivity index (χ1n) is 6.69. The second kappa shape index (κ2) is 7.15. The van der Waals surface area contributed by atoms with Crippen molar-refractivity contribution in [3.8, 4) is 0 Å². The third-order valence-corrected chi connectivity index (χ3v) is 4.14. The van der Waals surface area contributed by atoms with Gasteiger partial charge >= 0.3 is 0 Å². The van der Waals surface area contributed by atoms with Gasteiger partial charge in [0.2, 0.25) is 0 Å². The van der Waals surface area contributed by atoms with Gasteiger partial charge in [0.15, 0.2) is 0 Å². The first-order chi connectivity index (χ1) is 9.61. The van der Waals surface area contributed by atoms with Crippen molar-refractivity contribution in [2.24, 2.45) is 0 Å². The van der Waals surface area contributed by atoms with E-state index in [0.717, 1.165) is 19.5 Å². The molecule has 0 spiro atoms. The lowest BCUT2D eigenvalue weighted by Gasteiger charge is -2.22. The Labute approximate surface area is 126 Å². The molecule has 20 heavy (non-hydrogen) atoms. The van der Waals surface area contributed by atoms with Crippen LogP contribution in [-0.2, 0) is 0 Å². The topological polar surface area (TPSA) is 43.8 Å². The van der Waals surface area contributed by atoms with Gasteiger partial charge in [0.1, 0.15) is 5.82 Å². The quantitative estimate of drug-likeness (QED) is 0.908. The fraction of sp³-hybridized carbons (Fsp3) is 0.500. The Kier molecular flexibility index (Phi) is 5.51. The lowest BCUT2D eigenvalue weighted by atomic mass is 10.2. The molecule has 1 heterocycles. The number of halogens is 2. The molecule has 1 aliphatic rings. The van der Waals surface area contributed by atoms with E-state index in [0.29, 0.717) is 29.7 Å². The molecule has 0 unspecified atom stereocenters. The molecule has 0 aliphatic carbocycles. The average Bonchev–Trinajstić information content (AvgIpc) is 2.67. The first kappa shape index (κ1) is 15.4. The monoisotopic (exact) mass is 344 g/mol. The van der Waals surface area contributed by atoms with Crippen LogP contribution in [0.4, 0.5) is 4.39 Å². The van der Waals surface area contributed by atoms with Crippen LogP contribution in [0.1, 0.15) is 16.8 Å². The first-order valence-corrected chi connectivity index (χ1v) is 7.48. The number of amides is 1. The number of carbonyl (C=O) groups excluding carboxylic acids is 1. The molecular weight excluding hydrogens is 327 g/mol. The van der Waals surface area contributed by atoms with Gasteiger partial charge in [-0.3, -0.25) is 9.69 Å². The van der Waals surface area contributed by atoms with Gasteiger partial charge in [-0.05, 0) is 47.1 Å². The molecule has 0 radical (unpaired) electrons. The summed E-state index contributed by atoms with van der Waals surface area (Å²) in [5, 5.41) is 8.96. The number of hydrogen-bond donors (Lipinski definition) is 1. The fourth-order valence-electron chi connectivity index (χ4n) is 2.37. The van der Waals surface area contributed by atoms with Crippen LogP contribution in [-0.4, -0.2) is 60.1 Å². The Hall–Kier alpha value is -0.980. The van der Waals surface area contributed by atoms with Crippen LogP contribution in [0.2, 0.25) is 0 Å². The number of aliphatic hydroxyl groups is 1. The van der Waals surface area contributed by atoms with Crippen LogP contribution >= 0.6 is 15.9 Å². The SMILES string of the molecule is O=C(c1cc(F)ccc1Br)N1CCCN(CCO)CC1. The maximum Gasteiger partial charge on any atom is 0.255 e. The normalized spacial score (nSPS) is 17.1. The molecule has 6 heteroatoms. The molecule has 1 aromatic rings. The van der Waals surface area contributed by atoms with E-state index in [1.807, 2.05) is 0 Å². The van der Waals surface area contributed by atoms with E-state index in [1.54, 1.807) is 11.0 Å². The number of rotatable bonds is 3. The third-order valence-electron chi connectivity index (χ3n) is 3.45. The van der Waals surface area contributed by atoms with Crippen LogP contribution in [0.3, 0.4) is 0 Å². The molecule has 1 fully saturated rings. The summed E-state index contributed by atoms with van der Waals surface area (Å²) >= 11 is 3.30. The Morgan fingerprint density at radius 1 is 1.30 bits per heavy atom. The molecule has 1 N–H and O–H groups in total. The summed E-state index contributed by atoms with van der Waals surface area (Å²) in [6, 6.07) is 4.15. The van der Waals surface area contributed by atoms with Crippen LogP contribution in [0.25, 0.3) is 0 Å². The number of aliphatic hydroxyl groups excluding tert-OH is 1. The lowest BCUT2D eigenvalue weighted by molar-refractivity contribution is 0.0759. The molecule has 1 amide bonds. The van der Waals surface area contributed by atoms with E-state index >= 15 is 0 Å². The highest BCUT2D eigenvalue weighted by Gasteiger charge is 2.21. The van der Waals surface area contributed by atoms with E-state index < -0.39 is 5.82 Å². The van der Waals surface area contributed by atoms with Crippen LogP contribution in [0.5, 0.6) is 0 Å². The summed E-state index contributed by atoms with van der Waals surface area (Å²) in [6.07, 6.45) is 0.860. The summed E-state index contributed by atoms with van der Waals surface area (Å²) < 4.78 is 13.9. The van der Waals surface area contributed by atoms with Gasteiger partial charge in [-0.15, -0.1) is 0 Å². The second-order valence-electron chi connectivity index (χ2n) is 4.84. The zero-order valence-corrected chi connectivity index (χ0v) is 12.8. The van der Waals surface area contributed by atoms with Crippen molar-refractivity contribution in [1.82, 2.24) is 9.80 Å². The summed E-state index contributed by atoms with van der Waals surface area (Å²) in [7, 11) is 0. The van der Waals surface area contributed by atoms with Crippen molar-refractivity contribution in [1.29, 1.82) is 0 Å². The van der Waals surface area contributed by atoms with Gasteiger partial charge in [0.25, 0.3) is 5.91 Å². The van der Waals surface area contributed by atoms with Gasteiger partial charge in [-0.25, -0.2) is 4.39 Å². The van der Waals surface area contributed by atoms with Crippen LogP contribution in [0, 0.1) is 5.82 Å². The van der Waals surface area contributed by atoms with Gasteiger partial charge in [-0.2, -0.15) is 0 Å². The van der Waals surface area contributed by atoms with E-state index in [4.69, 9.17) is 5.11 Å². The van der Waals surface area contributed by atoms with Gasteiger partial charge in [-0.1, -0.05) is 0 Å². The number of hydrogen-bond acceptors (Lipinski definition) is 3. The summed E-state index contributed by atoms with van der Waals surface area (Å²) in [4.78, 5) is 16.3. The maximum absolute atomic E-state index is 13.3. The van der Waals surface area contributed by atoms with Crippen molar-refractivity contribution >= 4 is 21.8 Å². The molecule has 110 valence electrons. The fourth-order valence-corrected chi connectivity index (χ4v) is 2.79. The van der Waals surface area contributed by atoms with Crippen molar-refractivity contribution in [2.75, 3.05) is 39.3 Å². The number of benzene rings is 1. The summed E-state index contributed by atoms with van der Waals surface area (Å²) in [6.45, 7) is 3.62. The molecule has 1 aliphatic heterocycles. The van der Waals surface area contributed by atoms with Gasteiger partial charge < -0.3 is 10.0 Å². The Morgan fingerprint density at radius 2 is 2.10 bits per heavy atom. The molecule has 0 saturated carbocycles. The van der Waals surface area contributed by atoms with Crippen molar-refractivity contribution in [3.63, 3.8) is 0 Å². The molecule has 1 saturated heterocycles. The predicted molar refractivity (Wildman–Crippen MR) is 78.1 cm³/mol. The van der Waals surface area contributed by atoms with E-state index in [1.165, 1.54) is 12.1 Å². The molecule has 0 aromatic heterocycles. The third kappa shape index (κ3) is 3.77. The highest BCUT2D eigenvalue weighted by molar-refractivity contribution is 9.10. The van der Waals surface area contributed by atoms with Crippen LogP contribution < -0.4 is 0 Å². The Morgan fingerprint density at radius 3 is 2.85 bits per heavy atom. The largest absolute Gasteiger partial charge is 0.395 e. The van der Waals surface area contributed by atoms with Crippen molar-refractivity contribution in [3.05, 3.63) is 34.1 Å². The smallest absolute Gasteiger partial charge is 0.255 e. The minimum atomic E-state index is -0.409. The molecule has 4 nitrogen and oxygen atoms in total. The number of carbonyl (C=O) groups is 1. The summed E-state index contributed by atoms with van der Waals surface area (Å²) in [5.41, 5.74) is 0.362. The average molecular weight is 345 g/mol. The minimum absolute atomic E-state index is 0.128. The standard InChI is InChI=1S/C14H18BrFN2O2/c15-13-3-2-11(16)10-12(13)14(20)18-5-1-4-17(6-7-18)8-9-19/h2-3,10,19H,1,4-9H2. The second-order valence-corrected chi connectivity index (χ2v) is 5.69. The van der Waals surface area contributed by atoms with Gasteiger partial charge in [0.05, 0.1) is 12.2 Å². The van der Waals surface area contributed by atoms with E-state index in [9.17, 15) is 9.18 Å². The zero-order valence-electron chi connectivity index (χ0n) is 11.2. The predicted octanol–water partition coefficient (Wildman–Crippen LogP) is 1.73. The molecule has 2 rings (SSSR count). The Balaban J connectivity index is 2.07. The minimum Gasteiger partial charge on any atom is -0.395 e. The van der Waals surface area contributed by atoms with E-state index in [-0.39, 0.29) is 12.5 Å². The van der Waals surface area contributed by atoms with Gasteiger partial charge in [0, 0.05) is 30.7 Å². The lowest BCUT2D eigenvalue weighted by Crippen LogP contribution is -2.36. The molecule has 0 atom stereocenters. The maximum atomic E-state index is 13.3. The highest BCUT2D eigenvalue weighted by atomic mass is 79.9. The molecule has 1 aromatic carbocycles. The highest BCUT2D eigenvalue weighted by Crippen LogP contribution is 2.20. The molecular formula is C14H18BrFN2O2. The Bertz CT molecular complexity index is 484. The van der Waals surface area contributed by atoms with Crippen molar-refractivity contribution < 1.29 is 14.3 Å². The van der Waals surface area contributed by atoms with Crippen LogP contribution in [0.15, 0.2) is 22.7 Å². The van der Waals surface area contributed by atoms with E-state index in [2.05, 4.69) is 20.8 Å².